The second-order valence-corrected chi connectivity index (χ2v) is 12.4. The van der Waals surface area contributed by atoms with Crippen LogP contribution in [0.15, 0.2) is 168 Å². The SMILES string of the molecule is c1cc(-c2ccc3c(ccc4ccccc43)c2)cc(-c2nc(-c3ccc4ccccc4c3)nc(-c3cccc4oc5ccccc5c34)n2)c1. The van der Waals surface area contributed by atoms with E-state index < -0.39 is 0 Å². The zero-order valence-electron chi connectivity index (χ0n) is 26.3. The molecule has 4 heteroatoms. The highest BCUT2D eigenvalue weighted by atomic mass is 16.3. The van der Waals surface area contributed by atoms with Crippen molar-refractivity contribution in [3.05, 3.63) is 164 Å². The third kappa shape index (κ3) is 4.65. The van der Waals surface area contributed by atoms with Gasteiger partial charge in [0.2, 0.25) is 0 Å². The van der Waals surface area contributed by atoms with Crippen LogP contribution in [-0.2, 0) is 0 Å². The van der Waals surface area contributed by atoms with E-state index in [0.717, 1.165) is 55.1 Å². The fourth-order valence-corrected chi connectivity index (χ4v) is 7.07. The number of furan rings is 1. The zero-order valence-corrected chi connectivity index (χ0v) is 26.3. The smallest absolute Gasteiger partial charge is 0.164 e. The summed E-state index contributed by atoms with van der Waals surface area (Å²) in [6, 6.07) is 57.1. The Morgan fingerprint density at radius 1 is 0.327 bits per heavy atom. The molecule has 10 aromatic rings. The topological polar surface area (TPSA) is 51.8 Å². The number of aromatic nitrogens is 3. The zero-order chi connectivity index (χ0) is 32.3. The molecule has 0 aliphatic rings. The van der Waals surface area contributed by atoms with Crippen molar-refractivity contribution < 1.29 is 4.42 Å². The summed E-state index contributed by atoms with van der Waals surface area (Å²) < 4.78 is 6.24. The first-order valence-corrected chi connectivity index (χ1v) is 16.4. The molecule has 0 amide bonds. The lowest BCUT2D eigenvalue weighted by Crippen LogP contribution is -2.00. The molecule has 0 bridgehead atoms. The van der Waals surface area contributed by atoms with E-state index in [0.29, 0.717) is 17.5 Å². The summed E-state index contributed by atoms with van der Waals surface area (Å²) >= 11 is 0. The van der Waals surface area contributed by atoms with Gasteiger partial charge in [0.15, 0.2) is 17.5 Å². The van der Waals surface area contributed by atoms with Gasteiger partial charge < -0.3 is 4.42 Å². The minimum absolute atomic E-state index is 0.605. The van der Waals surface area contributed by atoms with Gasteiger partial charge in [0.05, 0.1) is 0 Å². The average Bonchev–Trinajstić information content (AvgIpc) is 3.56. The maximum Gasteiger partial charge on any atom is 0.164 e. The monoisotopic (exact) mass is 625 g/mol. The lowest BCUT2D eigenvalue weighted by Gasteiger charge is -2.11. The predicted molar refractivity (Wildman–Crippen MR) is 201 cm³/mol. The summed E-state index contributed by atoms with van der Waals surface area (Å²) in [6.45, 7) is 0. The van der Waals surface area contributed by atoms with Crippen LogP contribution in [0.1, 0.15) is 0 Å². The molecule has 0 N–H and O–H groups in total. The van der Waals surface area contributed by atoms with Crippen molar-refractivity contribution >= 4 is 54.3 Å². The van der Waals surface area contributed by atoms with Crippen molar-refractivity contribution in [1.82, 2.24) is 15.0 Å². The first-order chi connectivity index (χ1) is 24.2. The van der Waals surface area contributed by atoms with Crippen LogP contribution in [0.3, 0.4) is 0 Å². The van der Waals surface area contributed by atoms with E-state index in [4.69, 9.17) is 19.4 Å². The molecule has 0 saturated carbocycles. The number of benzene rings is 8. The Bertz CT molecular complexity index is 2900. The lowest BCUT2D eigenvalue weighted by atomic mass is 9.96. The summed E-state index contributed by atoms with van der Waals surface area (Å²) in [5.41, 5.74) is 6.65. The van der Waals surface area contributed by atoms with Crippen molar-refractivity contribution in [2.24, 2.45) is 0 Å². The fraction of sp³-hybridized carbons (Fsp3) is 0. The van der Waals surface area contributed by atoms with Gasteiger partial charge in [-0.1, -0.05) is 133 Å². The van der Waals surface area contributed by atoms with E-state index >= 15 is 0 Å². The molecule has 0 unspecified atom stereocenters. The molecule has 4 nitrogen and oxygen atoms in total. The third-order valence-corrected chi connectivity index (χ3v) is 9.49. The first kappa shape index (κ1) is 27.5. The summed E-state index contributed by atoms with van der Waals surface area (Å²) in [5.74, 6) is 1.85. The Kier molecular flexibility index (Phi) is 6.15. The highest BCUT2D eigenvalue weighted by Gasteiger charge is 2.18. The van der Waals surface area contributed by atoms with E-state index in [-0.39, 0.29) is 0 Å². The molecule has 10 rings (SSSR count). The van der Waals surface area contributed by atoms with Crippen molar-refractivity contribution in [3.8, 4) is 45.3 Å². The van der Waals surface area contributed by atoms with Crippen LogP contribution in [0.4, 0.5) is 0 Å². The minimum atomic E-state index is 0.605. The molecule has 0 aliphatic carbocycles. The third-order valence-electron chi connectivity index (χ3n) is 9.49. The molecular formula is C45H27N3O. The van der Waals surface area contributed by atoms with Crippen LogP contribution in [0.25, 0.3) is 99.5 Å². The number of fused-ring (bicyclic) bond motifs is 7. The van der Waals surface area contributed by atoms with Gasteiger partial charge in [-0.2, -0.15) is 0 Å². The molecule has 0 aliphatic heterocycles. The molecule has 2 heterocycles. The molecule has 228 valence electrons. The molecular weight excluding hydrogens is 599 g/mol. The normalized spacial score (nSPS) is 11.7. The van der Waals surface area contributed by atoms with Crippen LogP contribution in [0, 0.1) is 0 Å². The molecule has 8 aromatic carbocycles. The van der Waals surface area contributed by atoms with Crippen LogP contribution >= 0.6 is 0 Å². The number of rotatable bonds is 4. The Hall–Kier alpha value is -6.65. The quantitative estimate of drug-likeness (QED) is 0.183. The van der Waals surface area contributed by atoms with E-state index in [9.17, 15) is 0 Å². The summed E-state index contributed by atoms with van der Waals surface area (Å²) in [7, 11) is 0. The molecule has 0 saturated heterocycles. The first-order valence-electron chi connectivity index (χ1n) is 16.4. The minimum Gasteiger partial charge on any atom is -0.456 e. The largest absolute Gasteiger partial charge is 0.456 e. The second kappa shape index (κ2) is 11.0. The Morgan fingerprint density at radius 2 is 0.898 bits per heavy atom. The van der Waals surface area contributed by atoms with Gasteiger partial charge in [-0.3, -0.25) is 0 Å². The van der Waals surface area contributed by atoms with Crippen LogP contribution < -0.4 is 0 Å². The van der Waals surface area contributed by atoms with Gasteiger partial charge in [-0.25, -0.2) is 15.0 Å². The Balaban J connectivity index is 1.16. The van der Waals surface area contributed by atoms with E-state index in [1.807, 2.05) is 30.3 Å². The van der Waals surface area contributed by atoms with Crippen LogP contribution in [-0.4, -0.2) is 15.0 Å². The molecule has 0 atom stereocenters. The number of hydrogen-bond acceptors (Lipinski definition) is 4. The summed E-state index contributed by atoms with van der Waals surface area (Å²) in [5, 5.41) is 9.31. The highest BCUT2D eigenvalue weighted by molar-refractivity contribution is 6.12. The predicted octanol–water partition coefficient (Wildman–Crippen LogP) is 11.9. The van der Waals surface area contributed by atoms with Gasteiger partial charge in [-0.15, -0.1) is 0 Å². The van der Waals surface area contributed by atoms with Crippen LogP contribution in [0.2, 0.25) is 0 Å². The second-order valence-electron chi connectivity index (χ2n) is 12.4. The van der Waals surface area contributed by atoms with Crippen LogP contribution in [0.5, 0.6) is 0 Å². The van der Waals surface area contributed by atoms with Crippen molar-refractivity contribution in [2.45, 2.75) is 0 Å². The van der Waals surface area contributed by atoms with E-state index in [1.165, 1.54) is 26.9 Å². The highest BCUT2D eigenvalue weighted by Crippen LogP contribution is 2.37. The van der Waals surface area contributed by atoms with Crippen molar-refractivity contribution in [3.63, 3.8) is 0 Å². The molecule has 49 heavy (non-hydrogen) atoms. The van der Waals surface area contributed by atoms with Gasteiger partial charge in [0.1, 0.15) is 11.2 Å². The molecule has 0 radical (unpaired) electrons. The number of nitrogens with zero attached hydrogens (tertiary/aromatic N) is 3. The standard InChI is InChI=1S/C45H27N3O/c1-2-11-30-26-35(22-19-28(30)9-1)44-46-43(47-45(48-44)39-16-8-18-41-42(39)38-15-5-6-17-40(38)49-41)34-13-7-12-31(27-34)32-23-24-37-33(25-32)21-20-29-10-3-4-14-36(29)37/h1-27H. The maximum absolute atomic E-state index is 6.24. The van der Waals surface area contributed by atoms with Gasteiger partial charge in [0, 0.05) is 27.5 Å². The maximum atomic E-state index is 6.24. The van der Waals surface area contributed by atoms with E-state index in [1.54, 1.807) is 0 Å². The summed E-state index contributed by atoms with van der Waals surface area (Å²) in [6.07, 6.45) is 0. The average molecular weight is 626 g/mol. The van der Waals surface area contributed by atoms with Gasteiger partial charge in [-0.05, 0) is 73.8 Å². The Labute approximate surface area is 282 Å². The molecule has 2 aromatic heterocycles. The fourth-order valence-electron chi connectivity index (χ4n) is 7.07. The van der Waals surface area contributed by atoms with Gasteiger partial charge in [0.25, 0.3) is 0 Å². The number of hydrogen-bond donors (Lipinski definition) is 0. The van der Waals surface area contributed by atoms with E-state index in [2.05, 4.69) is 133 Å². The number of para-hydroxylation sites is 1. The van der Waals surface area contributed by atoms with Crippen molar-refractivity contribution in [1.29, 1.82) is 0 Å². The Morgan fingerprint density at radius 3 is 1.80 bits per heavy atom. The molecule has 0 fully saturated rings. The lowest BCUT2D eigenvalue weighted by molar-refractivity contribution is 0.669. The summed E-state index contributed by atoms with van der Waals surface area (Å²) in [4.78, 5) is 15.4. The molecule has 0 spiro atoms. The van der Waals surface area contributed by atoms with Gasteiger partial charge >= 0.3 is 0 Å². The van der Waals surface area contributed by atoms with Crippen molar-refractivity contribution in [2.75, 3.05) is 0 Å².